The van der Waals surface area contributed by atoms with Gasteiger partial charge in [0.05, 0.1) is 27.8 Å². The van der Waals surface area contributed by atoms with E-state index in [2.05, 4.69) is 20.4 Å². The Hall–Kier alpha value is -3.06. The summed E-state index contributed by atoms with van der Waals surface area (Å²) >= 11 is 5.86. The van der Waals surface area contributed by atoms with Gasteiger partial charge in [-0.15, -0.1) is 5.10 Å². The molecule has 1 fully saturated rings. The van der Waals surface area contributed by atoms with Crippen molar-refractivity contribution in [3.63, 3.8) is 0 Å². The number of pyridine rings is 1. The smallest absolute Gasteiger partial charge is 0.272 e. The molecule has 10 nitrogen and oxygen atoms in total. The van der Waals surface area contributed by atoms with Crippen LogP contribution in [0.15, 0.2) is 24.4 Å². The predicted octanol–water partition coefficient (Wildman–Crippen LogP) is 2.44. The Morgan fingerprint density at radius 1 is 1.36 bits per heavy atom. The van der Waals surface area contributed by atoms with Crippen molar-refractivity contribution in [2.24, 2.45) is 0 Å². The van der Waals surface area contributed by atoms with E-state index >= 15 is 0 Å². The monoisotopic (exact) mass is 501 g/mol. The number of aryl methyl sites for hydroxylation is 1. The molecule has 4 rings (SSSR count). The molecule has 4 heterocycles. The molecule has 0 aromatic carbocycles. The average molecular weight is 502 g/mol. The summed E-state index contributed by atoms with van der Waals surface area (Å²) in [4.78, 5) is 20.9. The second-order valence-electron chi connectivity index (χ2n) is 7.80. The number of aromatic nitrogens is 4. The third kappa shape index (κ3) is 4.98. The van der Waals surface area contributed by atoms with Gasteiger partial charge in [0.1, 0.15) is 6.61 Å². The second-order valence-corrected chi connectivity index (χ2v) is 10.3. The highest BCUT2D eigenvalue weighted by molar-refractivity contribution is 7.93. The van der Waals surface area contributed by atoms with E-state index in [0.29, 0.717) is 11.3 Å². The molecule has 0 spiro atoms. The van der Waals surface area contributed by atoms with E-state index in [1.54, 1.807) is 13.8 Å². The van der Waals surface area contributed by atoms with Gasteiger partial charge in [-0.05, 0) is 19.9 Å². The molecule has 176 valence electrons. The molecule has 0 saturated carbocycles. The van der Waals surface area contributed by atoms with Gasteiger partial charge in [-0.25, -0.2) is 31.7 Å². The van der Waals surface area contributed by atoms with Gasteiger partial charge >= 0.3 is 0 Å². The standard InChI is InChI=1S/C19H18ClF2N5O5S/c1-10-16(17(28)25-19(2)8-33(29,30)9-19)24-14-3-4-15(26-27(10)14)32-18-12(31-7-13(21)22)5-11(20)6-23-18/h3-6,13H,7-9H2,1-2H3,(H,25,28). The Bertz CT molecular complexity index is 1340. The zero-order valence-electron chi connectivity index (χ0n) is 17.4. The maximum absolute atomic E-state index is 12.7. The molecular formula is C19H18ClF2N5O5S. The highest BCUT2D eigenvalue weighted by Crippen LogP contribution is 2.31. The zero-order chi connectivity index (χ0) is 24.0. The maximum atomic E-state index is 12.7. The molecule has 1 amide bonds. The van der Waals surface area contributed by atoms with Gasteiger partial charge in [0.25, 0.3) is 18.2 Å². The van der Waals surface area contributed by atoms with Gasteiger partial charge < -0.3 is 14.8 Å². The summed E-state index contributed by atoms with van der Waals surface area (Å²) < 4.78 is 60.0. The highest BCUT2D eigenvalue weighted by Gasteiger charge is 2.46. The van der Waals surface area contributed by atoms with Crippen molar-refractivity contribution in [2.75, 3.05) is 18.1 Å². The number of imidazole rings is 1. The third-order valence-corrected chi connectivity index (χ3v) is 7.10. The van der Waals surface area contributed by atoms with Crippen LogP contribution in [-0.2, 0) is 9.84 Å². The number of alkyl halides is 2. The number of ether oxygens (including phenoxy) is 2. The van der Waals surface area contributed by atoms with Crippen LogP contribution in [0.2, 0.25) is 5.02 Å². The minimum atomic E-state index is -3.14. The normalized spacial score (nSPS) is 16.4. The fraction of sp³-hybridized carbons (Fsp3) is 0.368. The number of carbonyl (C=O) groups is 1. The molecule has 1 aliphatic heterocycles. The van der Waals surface area contributed by atoms with E-state index in [4.69, 9.17) is 21.1 Å². The molecule has 1 aliphatic rings. The summed E-state index contributed by atoms with van der Waals surface area (Å²) in [6.45, 7) is 2.39. The van der Waals surface area contributed by atoms with Crippen LogP contribution >= 0.6 is 11.6 Å². The fourth-order valence-electron chi connectivity index (χ4n) is 3.47. The van der Waals surface area contributed by atoms with Gasteiger partial charge in [-0.3, -0.25) is 4.79 Å². The molecule has 1 saturated heterocycles. The first-order valence-corrected chi connectivity index (χ1v) is 11.8. The quantitative estimate of drug-likeness (QED) is 0.523. The lowest BCUT2D eigenvalue weighted by molar-refractivity contribution is 0.0803. The molecule has 33 heavy (non-hydrogen) atoms. The highest BCUT2D eigenvalue weighted by atomic mass is 35.5. The largest absolute Gasteiger partial charge is 0.482 e. The molecule has 3 aromatic heterocycles. The van der Waals surface area contributed by atoms with E-state index in [9.17, 15) is 22.0 Å². The minimum absolute atomic E-state index is 0.0312. The lowest BCUT2D eigenvalue weighted by Gasteiger charge is -2.38. The van der Waals surface area contributed by atoms with Crippen molar-refractivity contribution < 1.29 is 31.5 Å². The molecule has 0 unspecified atom stereocenters. The molecule has 0 atom stereocenters. The number of halogens is 3. The molecule has 0 aliphatic carbocycles. The Kier molecular flexibility index (Phi) is 5.86. The topological polar surface area (TPSA) is 125 Å². The third-order valence-electron chi connectivity index (χ3n) is 4.74. The van der Waals surface area contributed by atoms with Crippen LogP contribution < -0.4 is 14.8 Å². The number of sulfone groups is 1. The van der Waals surface area contributed by atoms with Crippen LogP contribution in [0.3, 0.4) is 0 Å². The number of nitrogens with zero attached hydrogens (tertiary/aromatic N) is 4. The fourth-order valence-corrected chi connectivity index (χ4v) is 5.62. The minimum Gasteiger partial charge on any atom is -0.482 e. The summed E-state index contributed by atoms with van der Waals surface area (Å²) in [6.07, 6.45) is -1.44. The molecule has 1 N–H and O–H groups in total. The Morgan fingerprint density at radius 2 is 2.09 bits per heavy atom. The molecule has 0 radical (unpaired) electrons. The van der Waals surface area contributed by atoms with Crippen molar-refractivity contribution >= 4 is 33.0 Å². The summed E-state index contributed by atoms with van der Waals surface area (Å²) in [5.74, 6) is -0.988. The average Bonchev–Trinajstić information content (AvgIpc) is 3.02. The van der Waals surface area contributed by atoms with Crippen molar-refractivity contribution in [3.05, 3.63) is 40.8 Å². The van der Waals surface area contributed by atoms with Crippen LogP contribution in [0.5, 0.6) is 17.5 Å². The number of fused-ring (bicyclic) bond motifs is 1. The zero-order valence-corrected chi connectivity index (χ0v) is 19.0. The molecule has 0 bridgehead atoms. The number of amides is 1. The number of nitrogens with one attached hydrogen (secondary N) is 1. The maximum Gasteiger partial charge on any atom is 0.272 e. The van der Waals surface area contributed by atoms with Crippen molar-refractivity contribution in [1.29, 1.82) is 0 Å². The van der Waals surface area contributed by atoms with E-state index in [1.165, 1.54) is 28.9 Å². The van der Waals surface area contributed by atoms with Gasteiger partial charge in [-0.2, -0.15) is 0 Å². The first kappa shape index (κ1) is 23.1. The molecular weight excluding hydrogens is 484 g/mol. The van der Waals surface area contributed by atoms with Crippen LogP contribution in [0.4, 0.5) is 8.78 Å². The number of hydrogen-bond donors (Lipinski definition) is 1. The predicted molar refractivity (Wildman–Crippen MR) is 113 cm³/mol. The summed E-state index contributed by atoms with van der Waals surface area (Å²) in [5.41, 5.74) is -0.0447. The van der Waals surface area contributed by atoms with Crippen LogP contribution in [0.1, 0.15) is 23.1 Å². The van der Waals surface area contributed by atoms with Crippen LogP contribution in [-0.4, -0.2) is 64.0 Å². The summed E-state index contributed by atoms with van der Waals surface area (Å²) in [5, 5.41) is 7.14. The van der Waals surface area contributed by atoms with Crippen molar-refractivity contribution in [3.8, 4) is 17.5 Å². The van der Waals surface area contributed by atoms with Crippen molar-refractivity contribution in [2.45, 2.75) is 25.8 Å². The van der Waals surface area contributed by atoms with E-state index < -0.39 is 34.3 Å². The first-order chi connectivity index (χ1) is 15.4. The molecule has 3 aromatic rings. The van der Waals surface area contributed by atoms with Crippen LogP contribution in [0.25, 0.3) is 5.65 Å². The summed E-state index contributed by atoms with van der Waals surface area (Å²) in [7, 11) is -3.14. The second kappa shape index (κ2) is 8.37. The Morgan fingerprint density at radius 3 is 2.76 bits per heavy atom. The van der Waals surface area contributed by atoms with Gasteiger partial charge in [0, 0.05) is 18.3 Å². The lowest BCUT2D eigenvalue weighted by Crippen LogP contribution is -2.63. The van der Waals surface area contributed by atoms with E-state index in [1.807, 2.05) is 0 Å². The Balaban J connectivity index is 1.57. The first-order valence-electron chi connectivity index (χ1n) is 9.58. The molecule has 14 heteroatoms. The van der Waals surface area contributed by atoms with E-state index in [-0.39, 0.29) is 39.7 Å². The van der Waals surface area contributed by atoms with Gasteiger partial charge in [0.2, 0.25) is 5.88 Å². The Labute approximate surface area is 191 Å². The lowest BCUT2D eigenvalue weighted by atomic mass is 10.1. The summed E-state index contributed by atoms with van der Waals surface area (Å²) in [6, 6.07) is 4.28. The number of rotatable bonds is 7. The SMILES string of the molecule is Cc1c(C(=O)NC2(C)CS(=O)(=O)C2)nc2ccc(Oc3ncc(Cl)cc3OCC(F)F)nn12. The van der Waals surface area contributed by atoms with Crippen LogP contribution in [0, 0.1) is 6.92 Å². The van der Waals surface area contributed by atoms with Gasteiger partial charge in [0.15, 0.2) is 26.9 Å². The number of carbonyl (C=O) groups excluding carboxylic acids is 1. The van der Waals surface area contributed by atoms with E-state index in [0.717, 1.165) is 0 Å². The number of hydrogen-bond acceptors (Lipinski definition) is 8. The van der Waals surface area contributed by atoms with Gasteiger partial charge in [-0.1, -0.05) is 11.6 Å². The van der Waals surface area contributed by atoms with Crippen molar-refractivity contribution in [1.82, 2.24) is 24.9 Å².